The average Bonchev–Trinajstić information content (AvgIpc) is 2.62. The molecule has 0 fully saturated rings. The fraction of sp³-hybridized carbons (Fsp3) is 0.211. The zero-order valence-corrected chi connectivity index (χ0v) is 12.9. The minimum absolute atomic E-state index is 0.503. The first-order chi connectivity index (χ1) is 11.3. The van der Waals surface area contributed by atoms with Crippen molar-refractivity contribution in [2.24, 2.45) is 0 Å². The van der Waals surface area contributed by atoms with Crippen molar-refractivity contribution < 1.29 is 0 Å². The van der Waals surface area contributed by atoms with Crippen LogP contribution >= 0.6 is 0 Å². The van der Waals surface area contributed by atoms with Crippen LogP contribution in [0.3, 0.4) is 0 Å². The van der Waals surface area contributed by atoms with Gasteiger partial charge in [-0.1, -0.05) is 24.3 Å². The Morgan fingerprint density at radius 3 is 2.43 bits per heavy atom. The second-order valence-corrected chi connectivity index (χ2v) is 5.94. The van der Waals surface area contributed by atoms with E-state index in [0.29, 0.717) is 5.82 Å². The van der Waals surface area contributed by atoms with Crippen LogP contribution in [-0.4, -0.2) is 15.0 Å². The summed E-state index contributed by atoms with van der Waals surface area (Å²) in [4.78, 5) is 12.7. The summed E-state index contributed by atoms with van der Waals surface area (Å²) in [5, 5.41) is 0. The molecule has 2 heterocycles. The Kier molecular flexibility index (Phi) is 3.50. The molecule has 0 radical (unpaired) electrons. The monoisotopic (exact) mass is 302 g/mol. The summed E-state index contributed by atoms with van der Waals surface area (Å²) in [6, 6.07) is 10.6. The summed E-state index contributed by atoms with van der Waals surface area (Å²) in [5.41, 5.74) is 12.8. The van der Waals surface area contributed by atoms with Gasteiger partial charge in [0, 0.05) is 29.2 Å². The molecule has 0 bridgehead atoms. The Bertz CT molecular complexity index is 840. The van der Waals surface area contributed by atoms with Crippen LogP contribution in [0.5, 0.6) is 0 Å². The highest BCUT2D eigenvalue weighted by molar-refractivity contribution is 5.75. The molecule has 3 aromatic rings. The van der Waals surface area contributed by atoms with Gasteiger partial charge in [-0.15, -0.1) is 0 Å². The second kappa shape index (κ2) is 5.80. The molecule has 114 valence electrons. The molecule has 1 aromatic carbocycles. The number of aromatic nitrogens is 3. The molecule has 23 heavy (non-hydrogen) atoms. The van der Waals surface area contributed by atoms with Crippen LogP contribution in [-0.2, 0) is 12.8 Å². The van der Waals surface area contributed by atoms with Crippen molar-refractivity contribution >= 4 is 5.82 Å². The molecule has 2 N–H and O–H groups in total. The summed E-state index contributed by atoms with van der Waals surface area (Å²) in [5.74, 6) is 0.503. The van der Waals surface area contributed by atoms with Crippen molar-refractivity contribution in [1.29, 1.82) is 0 Å². The molecule has 0 saturated heterocycles. The van der Waals surface area contributed by atoms with Crippen LogP contribution in [0.4, 0.5) is 5.82 Å². The molecule has 0 atom stereocenters. The van der Waals surface area contributed by atoms with Gasteiger partial charge in [-0.05, 0) is 48.4 Å². The predicted molar refractivity (Wildman–Crippen MR) is 91.8 cm³/mol. The summed E-state index contributed by atoms with van der Waals surface area (Å²) in [7, 11) is 0. The summed E-state index contributed by atoms with van der Waals surface area (Å²) >= 11 is 0. The van der Waals surface area contributed by atoms with E-state index in [0.717, 1.165) is 24.0 Å². The van der Waals surface area contributed by atoms with Crippen LogP contribution in [0.2, 0.25) is 0 Å². The Morgan fingerprint density at radius 2 is 1.61 bits per heavy atom. The van der Waals surface area contributed by atoms with Crippen molar-refractivity contribution in [3.8, 4) is 22.3 Å². The topological polar surface area (TPSA) is 64.7 Å². The standard InChI is InChI=1S/C19H18N4/c20-19-17(11-21-12-23-19)14-7-5-13(6-8-14)16-9-15-3-1-2-4-18(15)22-10-16/h5-12H,1-4H2,(H2,20,21,23). The molecule has 1 aliphatic carbocycles. The summed E-state index contributed by atoms with van der Waals surface area (Å²) < 4.78 is 0. The minimum Gasteiger partial charge on any atom is -0.383 e. The van der Waals surface area contributed by atoms with Crippen molar-refractivity contribution in [3.05, 3.63) is 60.3 Å². The largest absolute Gasteiger partial charge is 0.383 e. The van der Waals surface area contributed by atoms with Gasteiger partial charge >= 0.3 is 0 Å². The third kappa shape index (κ3) is 2.68. The lowest BCUT2D eigenvalue weighted by Crippen LogP contribution is -2.05. The summed E-state index contributed by atoms with van der Waals surface area (Å²) in [6.07, 6.45) is 9.98. The van der Waals surface area contributed by atoms with E-state index < -0.39 is 0 Å². The highest BCUT2D eigenvalue weighted by atomic mass is 14.9. The first-order valence-electron chi connectivity index (χ1n) is 7.95. The van der Waals surface area contributed by atoms with Crippen molar-refractivity contribution in [2.45, 2.75) is 25.7 Å². The minimum atomic E-state index is 0.503. The highest BCUT2D eigenvalue weighted by Gasteiger charge is 2.12. The fourth-order valence-electron chi connectivity index (χ4n) is 3.15. The Balaban J connectivity index is 1.67. The lowest BCUT2D eigenvalue weighted by atomic mass is 9.93. The molecule has 4 heteroatoms. The number of nitrogens with zero attached hydrogens (tertiary/aromatic N) is 3. The molecule has 0 saturated carbocycles. The predicted octanol–water partition coefficient (Wildman–Crippen LogP) is 3.67. The number of hydrogen-bond acceptors (Lipinski definition) is 4. The maximum atomic E-state index is 5.92. The van der Waals surface area contributed by atoms with E-state index in [1.54, 1.807) is 6.20 Å². The van der Waals surface area contributed by atoms with Crippen LogP contribution in [0, 0.1) is 0 Å². The maximum Gasteiger partial charge on any atom is 0.134 e. The lowest BCUT2D eigenvalue weighted by Gasteiger charge is -2.15. The third-order valence-electron chi connectivity index (χ3n) is 4.44. The van der Waals surface area contributed by atoms with Crippen LogP contribution in [0.15, 0.2) is 49.1 Å². The molecule has 4 rings (SSSR count). The quantitative estimate of drug-likeness (QED) is 0.784. The van der Waals surface area contributed by atoms with Gasteiger partial charge in [0.1, 0.15) is 12.1 Å². The number of nitrogen functional groups attached to an aromatic ring is 1. The van der Waals surface area contributed by atoms with E-state index in [1.807, 2.05) is 6.20 Å². The number of benzene rings is 1. The van der Waals surface area contributed by atoms with E-state index >= 15 is 0 Å². The number of hydrogen-bond donors (Lipinski definition) is 1. The second-order valence-electron chi connectivity index (χ2n) is 5.94. The van der Waals surface area contributed by atoms with E-state index in [4.69, 9.17) is 5.73 Å². The smallest absolute Gasteiger partial charge is 0.134 e. The van der Waals surface area contributed by atoms with Gasteiger partial charge in [0.15, 0.2) is 0 Å². The van der Waals surface area contributed by atoms with E-state index in [1.165, 1.54) is 41.6 Å². The van der Waals surface area contributed by atoms with Gasteiger partial charge in [0.25, 0.3) is 0 Å². The molecule has 0 aliphatic heterocycles. The van der Waals surface area contributed by atoms with Crippen molar-refractivity contribution in [2.75, 3.05) is 5.73 Å². The summed E-state index contributed by atoms with van der Waals surface area (Å²) in [6.45, 7) is 0. The van der Waals surface area contributed by atoms with E-state index in [-0.39, 0.29) is 0 Å². The number of nitrogens with two attached hydrogens (primary N) is 1. The highest BCUT2D eigenvalue weighted by Crippen LogP contribution is 2.29. The Labute approximate surface area is 135 Å². The SMILES string of the molecule is Nc1ncncc1-c1ccc(-c2cnc3c(c2)CCCC3)cc1. The van der Waals surface area contributed by atoms with Crippen LogP contribution < -0.4 is 5.73 Å². The van der Waals surface area contributed by atoms with Crippen molar-refractivity contribution in [1.82, 2.24) is 15.0 Å². The van der Waals surface area contributed by atoms with Crippen LogP contribution in [0.25, 0.3) is 22.3 Å². The van der Waals surface area contributed by atoms with Crippen molar-refractivity contribution in [3.63, 3.8) is 0 Å². The molecule has 2 aromatic heterocycles. The van der Waals surface area contributed by atoms with Gasteiger partial charge in [0.05, 0.1) is 0 Å². The lowest BCUT2D eigenvalue weighted by molar-refractivity contribution is 0.668. The average molecular weight is 302 g/mol. The molecule has 0 unspecified atom stereocenters. The molecular weight excluding hydrogens is 284 g/mol. The maximum absolute atomic E-state index is 5.92. The van der Waals surface area contributed by atoms with Crippen LogP contribution in [0.1, 0.15) is 24.1 Å². The third-order valence-corrected chi connectivity index (χ3v) is 4.44. The number of fused-ring (bicyclic) bond motifs is 1. The van der Waals surface area contributed by atoms with Gasteiger partial charge in [-0.25, -0.2) is 9.97 Å². The zero-order valence-electron chi connectivity index (χ0n) is 12.9. The molecular formula is C19H18N4. The van der Waals surface area contributed by atoms with E-state index in [2.05, 4.69) is 45.3 Å². The Hall–Kier alpha value is -2.75. The van der Waals surface area contributed by atoms with Gasteiger partial charge in [-0.2, -0.15) is 0 Å². The number of aryl methyl sites for hydroxylation is 2. The first kappa shape index (κ1) is 13.9. The number of pyridine rings is 1. The number of anilines is 1. The molecule has 1 aliphatic rings. The zero-order chi connectivity index (χ0) is 15.6. The molecule has 0 spiro atoms. The molecule has 0 amide bonds. The van der Waals surface area contributed by atoms with Gasteiger partial charge in [-0.3, -0.25) is 4.98 Å². The molecule has 4 nitrogen and oxygen atoms in total. The fourth-order valence-corrected chi connectivity index (χ4v) is 3.15. The Morgan fingerprint density at radius 1 is 0.826 bits per heavy atom. The number of rotatable bonds is 2. The van der Waals surface area contributed by atoms with Gasteiger partial charge < -0.3 is 5.73 Å². The van der Waals surface area contributed by atoms with E-state index in [9.17, 15) is 0 Å². The van der Waals surface area contributed by atoms with Gasteiger partial charge in [0.2, 0.25) is 0 Å². The normalized spacial score (nSPS) is 13.6. The first-order valence-corrected chi connectivity index (χ1v) is 7.95.